The number of aryl methyl sites for hydroxylation is 1. The van der Waals surface area contributed by atoms with E-state index in [1.54, 1.807) is 12.1 Å². The summed E-state index contributed by atoms with van der Waals surface area (Å²) in [6, 6.07) is 4.49. The highest BCUT2D eigenvalue weighted by Gasteiger charge is 2.12. The lowest BCUT2D eigenvalue weighted by Crippen LogP contribution is -1.95. The fourth-order valence-corrected chi connectivity index (χ4v) is 1.12. The van der Waals surface area contributed by atoms with Gasteiger partial charge in [-0.05, 0) is 13.5 Å². The molecule has 1 aromatic rings. The second-order valence-electron chi connectivity index (χ2n) is 2.62. The Kier molecular flexibility index (Phi) is 5.89. The first-order valence-corrected chi connectivity index (χ1v) is 4.49. The van der Waals surface area contributed by atoms with Crippen molar-refractivity contribution in [2.45, 2.75) is 13.3 Å². The van der Waals surface area contributed by atoms with Gasteiger partial charge in [-0.1, -0.05) is 19.1 Å². The summed E-state index contributed by atoms with van der Waals surface area (Å²) in [6.07, 6.45) is 1.20. The van der Waals surface area contributed by atoms with E-state index in [2.05, 4.69) is 5.73 Å². The molecule has 0 radical (unpaired) electrons. The summed E-state index contributed by atoms with van der Waals surface area (Å²) >= 11 is 0. The van der Waals surface area contributed by atoms with Crippen LogP contribution in [0.3, 0.4) is 0 Å². The number of hydrogen-bond acceptors (Lipinski definition) is 4. The highest BCUT2D eigenvalue weighted by Crippen LogP contribution is 2.19. The lowest BCUT2D eigenvalue weighted by molar-refractivity contribution is -0.385. The molecule has 0 spiro atoms. The van der Waals surface area contributed by atoms with Gasteiger partial charge < -0.3 is 5.73 Å². The van der Waals surface area contributed by atoms with E-state index in [1.807, 2.05) is 6.92 Å². The van der Waals surface area contributed by atoms with Crippen LogP contribution in [0.2, 0.25) is 0 Å². The number of nitro groups is 1. The first kappa shape index (κ1) is 13.2. The molecule has 0 aliphatic heterocycles. The molecule has 0 amide bonds. The van der Waals surface area contributed by atoms with Crippen LogP contribution in [-0.2, 0) is 6.42 Å². The minimum atomic E-state index is -0.466. The van der Waals surface area contributed by atoms with E-state index in [9.17, 15) is 14.9 Å². The largest absolute Gasteiger partial charge is 0.333 e. The normalized spacial score (nSPS) is 8.73. The standard InChI is InChI=1S/C9H9NO3.CH5N/c1-2-8-4-3-7(6-11)5-9(8)10(12)13;1-2/h3-6H,2H2,1H3;2H2,1H3. The Morgan fingerprint density at radius 2 is 2.07 bits per heavy atom. The van der Waals surface area contributed by atoms with Crippen LogP contribution in [0.25, 0.3) is 0 Å². The number of aldehydes is 1. The summed E-state index contributed by atoms with van der Waals surface area (Å²) in [7, 11) is 1.50. The number of carbonyl (C=O) groups is 1. The van der Waals surface area contributed by atoms with Gasteiger partial charge in [-0.2, -0.15) is 0 Å². The Morgan fingerprint density at radius 1 is 1.47 bits per heavy atom. The summed E-state index contributed by atoms with van der Waals surface area (Å²) in [5.41, 5.74) is 5.51. The van der Waals surface area contributed by atoms with Crippen molar-refractivity contribution < 1.29 is 9.72 Å². The van der Waals surface area contributed by atoms with Crippen LogP contribution in [-0.4, -0.2) is 18.3 Å². The minimum Gasteiger partial charge on any atom is -0.333 e. The van der Waals surface area contributed by atoms with E-state index in [-0.39, 0.29) is 5.69 Å². The molecule has 2 N–H and O–H groups in total. The monoisotopic (exact) mass is 210 g/mol. The molecule has 0 fully saturated rings. The van der Waals surface area contributed by atoms with E-state index in [4.69, 9.17) is 0 Å². The molecule has 0 aliphatic carbocycles. The Hall–Kier alpha value is -1.75. The van der Waals surface area contributed by atoms with Crippen LogP contribution in [0.5, 0.6) is 0 Å². The van der Waals surface area contributed by atoms with Gasteiger partial charge in [0.15, 0.2) is 0 Å². The Morgan fingerprint density at radius 3 is 2.47 bits per heavy atom. The smallest absolute Gasteiger partial charge is 0.273 e. The number of carbonyl (C=O) groups excluding carboxylic acids is 1. The zero-order chi connectivity index (χ0) is 11.8. The maximum Gasteiger partial charge on any atom is 0.273 e. The van der Waals surface area contributed by atoms with E-state index >= 15 is 0 Å². The molecule has 15 heavy (non-hydrogen) atoms. The summed E-state index contributed by atoms with van der Waals surface area (Å²) in [6.45, 7) is 1.84. The SMILES string of the molecule is CCc1ccc(C=O)cc1[N+](=O)[O-].CN. The number of nitrogens with two attached hydrogens (primary N) is 1. The molecule has 0 unspecified atom stereocenters. The van der Waals surface area contributed by atoms with Gasteiger partial charge in [0.25, 0.3) is 5.69 Å². The molecule has 82 valence electrons. The quantitative estimate of drug-likeness (QED) is 0.465. The van der Waals surface area contributed by atoms with Gasteiger partial charge in [0, 0.05) is 17.2 Å². The molecule has 0 heterocycles. The van der Waals surface area contributed by atoms with Gasteiger partial charge in [-0.15, -0.1) is 0 Å². The molecule has 5 heteroatoms. The summed E-state index contributed by atoms with van der Waals surface area (Å²) < 4.78 is 0. The first-order chi connectivity index (χ1) is 7.19. The maximum absolute atomic E-state index is 10.5. The number of rotatable bonds is 3. The van der Waals surface area contributed by atoms with Crippen molar-refractivity contribution in [1.82, 2.24) is 0 Å². The molecule has 0 saturated carbocycles. The number of hydrogen-bond donors (Lipinski definition) is 1. The van der Waals surface area contributed by atoms with Gasteiger partial charge >= 0.3 is 0 Å². The van der Waals surface area contributed by atoms with Crippen molar-refractivity contribution in [2.75, 3.05) is 7.05 Å². The zero-order valence-electron chi connectivity index (χ0n) is 8.77. The third kappa shape index (κ3) is 3.47. The molecular formula is C10H14N2O3. The van der Waals surface area contributed by atoms with Crippen LogP contribution in [0, 0.1) is 10.1 Å². The van der Waals surface area contributed by atoms with E-state index in [1.165, 1.54) is 13.1 Å². The number of benzene rings is 1. The molecule has 0 aromatic heterocycles. The van der Waals surface area contributed by atoms with Crippen molar-refractivity contribution in [1.29, 1.82) is 0 Å². The van der Waals surface area contributed by atoms with Crippen molar-refractivity contribution in [3.8, 4) is 0 Å². The average molecular weight is 210 g/mol. The van der Waals surface area contributed by atoms with Crippen molar-refractivity contribution in [3.05, 3.63) is 39.4 Å². The lowest BCUT2D eigenvalue weighted by atomic mass is 10.1. The van der Waals surface area contributed by atoms with Gasteiger partial charge in [0.2, 0.25) is 0 Å². The molecule has 5 nitrogen and oxygen atoms in total. The Balaban J connectivity index is 0.000000921. The lowest BCUT2D eigenvalue weighted by Gasteiger charge is -1.99. The number of nitrogens with zero attached hydrogens (tertiary/aromatic N) is 1. The van der Waals surface area contributed by atoms with Crippen molar-refractivity contribution in [3.63, 3.8) is 0 Å². The molecule has 0 aliphatic rings. The first-order valence-electron chi connectivity index (χ1n) is 4.49. The average Bonchev–Trinajstić information content (AvgIpc) is 2.30. The van der Waals surface area contributed by atoms with Gasteiger partial charge in [0.1, 0.15) is 6.29 Å². The van der Waals surface area contributed by atoms with Crippen LogP contribution >= 0.6 is 0 Å². The molecule has 1 rings (SSSR count). The van der Waals surface area contributed by atoms with Crippen LogP contribution < -0.4 is 5.73 Å². The van der Waals surface area contributed by atoms with Crippen LogP contribution in [0.1, 0.15) is 22.8 Å². The van der Waals surface area contributed by atoms with E-state index < -0.39 is 4.92 Å². The molecular weight excluding hydrogens is 196 g/mol. The van der Waals surface area contributed by atoms with E-state index in [0.717, 1.165) is 0 Å². The van der Waals surface area contributed by atoms with Gasteiger partial charge in [0.05, 0.1) is 4.92 Å². The highest BCUT2D eigenvalue weighted by molar-refractivity contribution is 5.76. The van der Waals surface area contributed by atoms with Crippen LogP contribution in [0.15, 0.2) is 18.2 Å². The third-order valence-electron chi connectivity index (χ3n) is 1.82. The predicted molar refractivity (Wildman–Crippen MR) is 58.0 cm³/mol. The Labute approximate surface area is 88.1 Å². The van der Waals surface area contributed by atoms with Crippen molar-refractivity contribution in [2.24, 2.45) is 5.73 Å². The Bertz CT molecular complexity index is 351. The molecule has 0 atom stereocenters. The fourth-order valence-electron chi connectivity index (χ4n) is 1.12. The summed E-state index contributed by atoms with van der Waals surface area (Å²) in [4.78, 5) is 20.4. The molecule has 1 aromatic carbocycles. The predicted octanol–water partition coefficient (Wildman–Crippen LogP) is 1.54. The second-order valence-corrected chi connectivity index (χ2v) is 2.62. The van der Waals surface area contributed by atoms with Gasteiger partial charge in [-0.3, -0.25) is 14.9 Å². The third-order valence-corrected chi connectivity index (χ3v) is 1.82. The summed E-state index contributed by atoms with van der Waals surface area (Å²) in [5.74, 6) is 0. The zero-order valence-corrected chi connectivity index (χ0v) is 8.77. The summed E-state index contributed by atoms with van der Waals surface area (Å²) in [5, 5.41) is 10.5. The highest BCUT2D eigenvalue weighted by atomic mass is 16.6. The number of nitro benzene ring substituents is 1. The maximum atomic E-state index is 10.5. The van der Waals surface area contributed by atoms with Crippen LogP contribution in [0.4, 0.5) is 5.69 Å². The second kappa shape index (κ2) is 6.67. The molecule has 0 bridgehead atoms. The minimum absolute atomic E-state index is 0.0205. The van der Waals surface area contributed by atoms with Gasteiger partial charge in [-0.25, -0.2) is 0 Å². The molecule has 0 saturated heterocycles. The van der Waals surface area contributed by atoms with E-state index in [0.29, 0.717) is 23.8 Å². The topological polar surface area (TPSA) is 86.2 Å². The fraction of sp³-hybridized carbons (Fsp3) is 0.300. The van der Waals surface area contributed by atoms with Crippen molar-refractivity contribution >= 4 is 12.0 Å².